The lowest BCUT2D eigenvalue weighted by Crippen LogP contribution is -2.39. The number of para-hydroxylation sites is 1. The molecule has 3 rings (SSSR count). The highest BCUT2D eigenvalue weighted by atomic mass is 16.5. The molecule has 8 heteroatoms. The molecule has 1 unspecified atom stereocenters. The zero-order valence-corrected chi connectivity index (χ0v) is 13.1. The molecule has 2 heterocycles. The summed E-state index contributed by atoms with van der Waals surface area (Å²) in [5.74, 6) is -0.223. The SMILES string of the molecule is Cc1cc(CNC(=O)C2=NN(c3ccccc3)C(C(N)=O)C2)no1. The van der Waals surface area contributed by atoms with Crippen LogP contribution in [0, 0.1) is 6.92 Å². The molecule has 0 fully saturated rings. The molecule has 124 valence electrons. The maximum Gasteiger partial charge on any atom is 0.267 e. The lowest BCUT2D eigenvalue weighted by molar-refractivity contribution is -0.119. The van der Waals surface area contributed by atoms with Gasteiger partial charge in [0.15, 0.2) is 0 Å². The van der Waals surface area contributed by atoms with Crippen molar-refractivity contribution in [2.75, 3.05) is 5.01 Å². The lowest BCUT2D eigenvalue weighted by atomic mass is 10.1. The number of carbonyl (C=O) groups excluding carboxylic acids is 2. The molecule has 0 aliphatic carbocycles. The Labute approximate surface area is 138 Å². The van der Waals surface area contributed by atoms with Crippen molar-refractivity contribution in [1.82, 2.24) is 10.5 Å². The van der Waals surface area contributed by atoms with Gasteiger partial charge in [-0.1, -0.05) is 23.4 Å². The van der Waals surface area contributed by atoms with Gasteiger partial charge in [0.1, 0.15) is 23.2 Å². The van der Waals surface area contributed by atoms with E-state index < -0.39 is 11.9 Å². The number of rotatable bonds is 5. The fraction of sp³-hybridized carbons (Fsp3) is 0.250. The van der Waals surface area contributed by atoms with Crippen molar-refractivity contribution in [2.24, 2.45) is 10.8 Å². The number of hydrogen-bond donors (Lipinski definition) is 2. The number of amides is 2. The van der Waals surface area contributed by atoms with Crippen LogP contribution >= 0.6 is 0 Å². The van der Waals surface area contributed by atoms with Crippen LogP contribution in [-0.2, 0) is 16.1 Å². The molecule has 2 aromatic rings. The Morgan fingerprint density at radius 1 is 1.38 bits per heavy atom. The Morgan fingerprint density at radius 3 is 2.75 bits per heavy atom. The van der Waals surface area contributed by atoms with Crippen molar-refractivity contribution in [2.45, 2.75) is 25.9 Å². The molecule has 2 amide bonds. The van der Waals surface area contributed by atoms with Crippen molar-refractivity contribution < 1.29 is 14.1 Å². The molecular weight excluding hydrogens is 310 g/mol. The molecule has 0 bridgehead atoms. The number of nitrogens with two attached hydrogens (primary N) is 1. The molecule has 1 aromatic heterocycles. The van der Waals surface area contributed by atoms with E-state index in [1.165, 1.54) is 5.01 Å². The number of hydrazone groups is 1. The van der Waals surface area contributed by atoms with Gasteiger partial charge in [-0.25, -0.2) is 0 Å². The molecule has 1 aliphatic heterocycles. The number of nitrogens with one attached hydrogen (secondary N) is 1. The summed E-state index contributed by atoms with van der Waals surface area (Å²) in [6, 6.07) is 10.2. The zero-order valence-electron chi connectivity index (χ0n) is 13.1. The summed E-state index contributed by atoms with van der Waals surface area (Å²) in [7, 11) is 0. The van der Waals surface area contributed by atoms with Crippen LogP contribution in [0.25, 0.3) is 0 Å². The monoisotopic (exact) mass is 327 g/mol. The Hall–Kier alpha value is -3.16. The predicted octanol–water partition coefficient (Wildman–Crippen LogP) is 0.719. The first kappa shape index (κ1) is 15.7. The normalized spacial score (nSPS) is 16.8. The fourth-order valence-corrected chi connectivity index (χ4v) is 2.46. The van der Waals surface area contributed by atoms with E-state index in [0.717, 1.165) is 0 Å². The van der Waals surface area contributed by atoms with Crippen molar-refractivity contribution in [3.8, 4) is 0 Å². The van der Waals surface area contributed by atoms with Gasteiger partial charge in [-0.2, -0.15) is 5.10 Å². The summed E-state index contributed by atoms with van der Waals surface area (Å²) in [6.45, 7) is 2.00. The van der Waals surface area contributed by atoms with Gasteiger partial charge in [-0.3, -0.25) is 14.6 Å². The molecule has 1 aromatic carbocycles. The highest BCUT2D eigenvalue weighted by Crippen LogP contribution is 2.24. The van der Waals surface area contributed by atoms with Crippen molar-refractivity contribution >= 4 is 23.2 Å². The van der Waals surface area contributed by atoms with Crippen molar-refractivity contribution in [3.63, 3.8) is 0 Å². The van der Waals surface area contributed by atoms with Crippen LogP contribution < -0.4 is 16.1 Å². The maximum atomic E-state index is 12.3. The van der Waals surface area contributed by atoms with E-state index in [9.17, 15) is 9.59 Å². The minimum absolute atomic E-state index is 0.161. The third-order valence-corrected chi connectivity index (χ3v) is 3.63. The Morgan fingerprint density at radius 2 is 2.12 bits per heavy atom. The average molecular weight is 327 g/mol. The molecule has 0 spiro atoms. The number of aromatic nitrogens is 1. The van der Waals surface area contributed by atoms with E-state index in [1.807, 2.05) is 18.2 Å². The molecule has 0 radical (unpaired) electrons. The van der Waals surface area contributed by atoms with Crippen molar-refractivity contribution in [3.05, 3.63) is 47.9 Å². The van der Waals surface area contributed by atoms with Crippen LogP contribution in [0.2, 0.25) is 0 Å². The average Bonchev–Trinajstić information content (AvgIpc) is 3.20. The number of primary amides is 1. The molecular formula is C16H17N5O3. The van der Waals surface area contributed by atoms with Gasteiger partial charge in [-0.15, -0.1) is 0 Å². The second kappa shape index (κ2) is 6.53. The molecule has 24 heavy (non-hydrogen) atoms. The number of anilines is 1. The molecule has 0 saturated carbocycles. The van der Waals surface area contributed by atoms with E-state index in [0.29, 0.717) is 17.1 Å². The topological polar surface area (TPSA) is 114 Å². The third kappa shape index (κ3) is 3.27. The van der Waals surface area contributed by atoms with Gasteiger partial charge in [0.05, 0.1) is 12.2 Å². The van der Waals surface area contributed by atoms with Gasteiger partial charge < -0.3 is 15.6 Å². The van der Waals surface area contributed by atoms with Gasteiger partial charge >= 0.3 is 0 Å². The first-order chi connectivity index (χ1) is 11.5. The quantitative estimate of drug-likeness (QED) is 0.840. The predicted molar refractivity (Wildman–Crippen MR) is 87.0 cm³/mol. The number of aryl methyl sites for hydroxylation is 1. The number of nitrogens with zero attached hydrogens (tertiary/aromatic N) is 3. The molecule has 1 aliphatic rings. The zero-order chi connectivity index (χ0) is 17.1. The second-order valence-corrected chi connectivity index (χ2v) is 5.46. The summed E-state index contributed by atoms with van der Waals surface area (Å²) in [5.41, 5.74) is 7.02. The van der Waals surface area contributed by atoms with Crippen LogP contribution in [0.3, 0.4) is 0 Å². The minimum Gasteiger partial charge on any atom is -0.368 e. The first-order valence-electron chi connectivity index (χ1n) is 7.46. The van der Waals surface area contributed by atoms with Crippen LogP contribution in [0.1, 0.15) is 17.9 Å². The van der Waals surface area contributed by atoms with Crippen LogP contribution in [0.15, 0.2) is 46.0 Å². The van der Waals surface area contributed by atoms with E-state index >= 15 is 0 Å². The molecule has 0 saturated heterocycles. The maximum absolute atomic E-state index is 12.3. The Balaban J connectivity index is 1.72. The summed E-state index contributed by atoms with van der Waals surface area (Å²) in [6.07, 6.45) is 0.161. The van der Waals surface area contributed by atoms with Crippen molar-refractivity contribution in [1.29, 1.82) is 0 Å². The lowest BCUT2D eigenvalue weighted by Gasteiger charge is -2.20. The Kier molecular flexibility index (Phi) is 4.28. The smallest absolute Gasteiger partial charge is 0.267 e. The fourth-order valence-electron chi connectivity index (χ4n) is 2.46. The largest absolute Gasteiger partial charge is 0.368 e. The minimum atomic E-state index is -0.678. The number of benzene rings is 1. The van der Waals surface area contributed by atoms with Gasteiger partial charge in [0.2, 0.25) is 5.91 Å². The first-order valence-corrected chi connectivity index (χ1v) is 7.46. The standard InChI is InChI=1S/C16H17N5O3/c1-10-7-11(20-24-10)9-18-16(23)13-8-14(15(17)22)21(19-13)12-5-3-2-4-6-12/h2-7,14H,8-9H2,1H3,(H2,17,22)(H,18,23). The van der Waals surface area contributed by atoms with Gasteiger partial charge in [-0.05, 0) is 19.1 Å². The van der Waals surface area contributed by atoms with E-state index in [-0.39, 0.29) is 24.6 Å². The van der Waals surface area contributed by atoms with Crippen LogP contribution in [0.5, 0.6) is 0 Å². The van der Waals surface area contributed by atoms with Gasteiger partial charge in [0, 0.05) is 12.5 Å². The van der Waals surface area contributed by atoms with Crippen LogP contribution in [0.4, 0.5) is 5.69 Å². The van der Waals surface area contributed by atoms with Crippen LogP contribution in [-0.4, -0.2) is 28.7 Å². The number of carbonyl (C=O) groups is 2. The molecule has 8 nitrogen and oxygen atoms in total. The van der Waals surface area contributed by atoms with E-state index in [4.69, 9.17) is 10.3 Å². The summed E-state index contributed by atoms with van der Waals surface area (Å²) in [5, 5.41) is 12.3. The second-order valence-electron chi connectivity index (χ2n) is 5.46. The van der Waals surface area contributed by atoms with E-state index in [1.54, 1.807) is 25.1 Å². The highest BCUT2D eigenvalue weighted by Gasteiger charge is 2.34. The third-order valence-electron chi connectivity index (χ3n) is 3.63. The molecule has 1 atom stereocenters. The highest BCUT2D eigenvalue weighted by molar-refractivity contribution is 6.40. The summed E-state index contributed by atoms with van der Waals surface area (Å²) < 4.78 is 4.94. The summed E-state index contributed by atoms with van der Waals surface area (Å²) >= 11 is 0. The van der Waals surface area contributed by atoms with E-state index in [2.05, 4.69) is 15.6 Å². The number of hydrogen-bond acceptors (Lipinski definition) is 6. The van der Waals surface area contributed by atoms with Gasteiger partial charge in [0.25, 0.3) is 5.91 Å². The molecule has 3 N–H and O–H groups in total. The Bertz CT molecular complexity index is 784. The summed E-state index contributed by atoms with van der Waals surface area (Å²) in [4.78, 5) is 24.0.